The van der Waals surface area contributed by atoms with E-state index in [4.69, 9.17) is 4.74 Å². The molecule has 0 unspecified atom stereocenters. The number of rotatable bonds is 5. The molecule has 0 radical (unpaired) electrons. The van der Waals surface area contributed by atoms with Gasteiger partial charge in [0.15, 0.2) is 5.82 Å². The van der Waals surface area contributed by atoms with E-state index in [0.29, 0.717) is 25.5 Å². The van der Waals surface area contributed by atoms with Gasteiger partial charge in [-0.3, -0.25) is 10.1 Å². The number of amides is 1. The number of nitriles is 1. The molecular weight excluding hydrogens is 344 g/mol. The third kappa shape index (κ3) is 3.79. The fourth-order valence-corrected chi connectivity index (χ4v) is 2.97. The van der Waals surface area contributed by atoms with Crippen molar-refractivity contribution < 1.29 is 9.53 Å². The molecule has 8 heteroatoms. The lowest BCUT2D eigenvalue weighted by Crippen LogP contribution is -2.43. The molecule has 1 aromatic carbocycles. The molecule has 136 valence electrons. The number of aromatic nitrogens is 3. The van der Waals surface area contributed by atoms with Crippen molar-refractivity contribution >= 4 is 16.9 Å². The number of nitrogens with one attached hydrogen (secondary N) is 3. The summed E-state index contributed by atoms with van der Waals surface area (Å²) >= 11 is 0. The second kappa shape index (κ2) is 7.53. The van der Waals surface area contributed by atoms with Crippen LogP contribution >= 0.6 is 0 Å². The van der Waals surface area contributed by atoms with Crippen molar-refractivity contribution in [2.75, 3.05) is 13.3 Å². The zero-order valence-corrected chi connectivity index (χ0v) is 14.5. The third-order valence-corrected chi connectivity index (χ3v) is 4.43. The van der Waals surface area contributed by atoms with Crippen LogP contribution in [0.1, 0.15) is 5.56 Å². The van der Waals surface area contributed by atoms with Crippen LogP contribution in [0.4, 0.5) is 0 Å². The molecule has 1 amide bonds. The standard InChI is InChI=1S/C19H18N6O2/c20-8-15(24-19(26)16-10-21-11-27-16)7-12-1-3-13(4-2-12)17-23-9-14-5-6-22-18(14)25-17/h1-6,9,15-16,21H,7,10-11H2,(H,24,26)(H,22,23,25)/t15-,16-/m0/s1. The summed E-state index contributed by atoms with van der Waals surface area (Å²) in [5.74, 6) is 0.364. The normalized spacial score (nSPS) is 17.5. The van der Waals surface area contributed by atoms with E-state index in [1.54, 1.807) is 6.20 Å². The number of nitrogens with zero attached hydrogens (tertiary/aromatic N) is 3. The topological polar surface area (TPSA) is 116 Å². The molecule has 3 heterocycles. The highest BCUT2D eigenvalue weighted by Crippen LogP contribution is 2.18. The summed E-state index contributed by atoms with van der Waals surface area (Å²) in [6.07, 6.45) is 3.49. The van der Waals surface area contributed by atoms with E-state index in [1.807, 2.05) is 36.5 Å². The maximum Gasteiger partial charge on any atom is 0.251 e. The van der Waals surface area contributed by atoms with Crippen molar-refractivity contribution in [1.82, 2.24) is 25.6 Å². The van der Waals surface area contributed by atoms with Crippen LogP contribution in [0.3, 0.4) is 0 Å². The molecule has 2 aromatic heterocycles. The van der Waals surface area contributed by atoms with Gasteiger partial charge in [-0.25, -0.2) is 9.97 Å². The second-order valence-electron chi connectivity index (χ2n) is 6.32. The van der Waals surface area contributed by atoms with E-state index in [1.165, 1.54) is 0 Å². The highest BCUT2D eigenvalue weighted by atomic mass is 16.5. The lowest BCUT2D eigenvalue weighted by molar-refractivity contribution is -0.129. The van der Waals surface area contributed by atoms with Gasteiger partial charge in [0.1, 0.15) is 17.8 Å². The maximum absolute atomic E-state index is 12.1. The maximum atomic E-state index is 12.1. The summed E-state index contributed by atoms with van der Waals surface area (Å²) in [6, 6.07) is 11.1. The molecule has 0 aliphatic carbocycles. The van der Waals surface area contributed by atoms with Gasteiger partial charge in [-0.2, -0.15) is 5.26 Å². The Morgan fingerprint density at radius 1 is 1.37 bits per heavy atom. The molecular formula is C19H18N6O2. The average molecular weight is 362 g/mol. The average Bonchev–Trinajstić information content (AvgIpc) is 3.39. The molecule has 1 saturated heterocycles. The predicted octanol–water partition coefficient (Wildman–Crippen LogP) is 1.12. The van der Waals surface area contributed by atoms with Crippen LogP contribution < -0.4 is 10.6 Å². The summed E-state index contributed by atoms with van der Waals surface area (Å²) in [5.41, 5.74) is 2.62. The van der Waals surface area contributed by atoms with Crippen molar-refractivity contribution in [3.8, 4) is 17.5 Å². The minimum Gasteiger partial charge on any atom is -0.352 e. The molecule has 1 fully saturated rings. The van der Waals surface area contributed by atoms with Gasteiger partial charge in [-0.05, 0) is 11.6 Å². The van der Waals surface area contributed by atoms with Gasteiger partial charge in [0.25, 0.3) is 5.91 Å². The first-order chi connectivity index (χ1) is 13.2. The van der Waals surface area contributed by atoms with E-state index in [9.17, 15) is 10.1 Å². The molecule has 1 aliphatic rings. The Kier molecular flexibility index (Phi) is 4.78. The summed E-state index contributed by atoms with van der Waals surface area (Å²) in [7, 11) is 0. The molecule has 8 nitrogen and oxygen atoms in total. The number of H-pyrrole nitrogens is 1. The Labute approximate surface area is 155 Å². The van der Waals surface area contributed by atoms with E-state index in [0.717, 1.165) is 22.2 Å². The van der Waals surface area contributed by atoms with Gasteiger partial charge in [0.05, 0.1) is 12.8 Å². The number of carbonyl (C=O) groups is 1. The number of carbonyl (C=O) groups excluding carboxylic acids is 1. The van der Waals surface area contributed by atoms with Crippen LogP contribution in [0.15, 0.2) is 42.7 Å². The Morgan fingerprint density at radius 3 is 2.96 bits per heavy atom. The number of benzene rings is 1. The lowest BCUT2D eigenvalue weighted by atomic mass is 10.0. The Hall–Kier alpha value is -3.28. The lowest BCUT2D eigenvalue weighted by Gasteiger charge is -2.14. The number of hydrogen-bond acceptors (Lipinski definition) is 6. The quantitative estimate of drug-likeness (QED) is 0.626. The fourth-order valence-electron chi connectivity index (χ4n) is 2.97. The van der Waals surface area contributed by atoms with Crippen LogP contribution in [-0.2, 0) is 16.0 Å². The van der Waals surface area contributed by atoms with Gasteiger partial charge in [0, 0.05) is 36.3 Å². The van der Waals surface area contributed by atoms with Crippen molar-refractivity contribution in [1.29, 1.82) is 5.26 Å². The van der Waals surface area contributed by atoms with E-state index < -0.39 is 12.1 Å². The summed E-state index contributed by atoms with van der Waals surface area (Å²) < 4.78 is 5.25. The second-order valence-corrected chi connectivity index (χ2v) is 6.32. The molecule has 3 aromatic rings. The van der Waals surface area contributed by atoms with Crippen LogP contribution in [0.2, 0.25) is 0 Å². The molecule has 3 N–H and O–H groups in total. The third-order valence-electron chi connectivity index (χ3n) is 4.43. The zero-order valence-electron chi connectivity index (χ0n) is 14.5. The van der Waals surface area contributed by atoms with E-state index in [2.05, 4.69) is 31.7 Å². The van der Waals surface area contributed by atoms with Gasteiger partial charge < -0.3 is 15.0 Å². The number of aromatic amines is 1. The van der Waals surface area contributed by atoms with Gasteiger partial charge >= 0.3 is 0 Å². The first kappa shape index (κ1) is 17.1. The molecule has 4 rings (SSSR count). The summed E-state index contributed by atoms with van der Waals surface area (Å²) in [5, 5.41) is 16.0. The van der Waals surface area contributed by atoms with Gasteiger partial charge in [-0.1, -0.05) is 24.3 Å². The summed E-state index contributed by atoms with van der Waals surface area (Å²) in [4.78, 5) is 24.0. The van der Waals surface area contributed by atoms with Crippen LogP contribution in [-0.4, -0.2) is 46.3 Å². The molecule has 27 heavy (non-hydrogen) atoms. The Balaban J connectivity index is 1.43. The van der Waals surface area contributed by atoms with Gasteiger partial charge in [-0.15, -0.1) is 0 Å². The molecule has 0 spiro atoms. The van der Waals surface area contributed by atoms with Crippen molar-refractivity contribution in [2.45, 2.75) is 18.6 Å². The highest BCUT2D eigenvalue weighted by molar-refractivity contribution is 5.82. The predicted molar refractivity (Wildman–Crippen MR) is 98.3 cm³/mol. The first-order valence-corrected chi connectivity index (χ1v) is 8.65. The van der Waals surface area contributed by atoms with E-state index in [-0.39, 0.29) is 5.91 Å². The number of ether oxygens (including phenoxy) is 1. The summed E-state index contributed by atoms with van der Waals surface area (Å²) in [6.45, 7) is 0.816. The monoisotopic (exact) mass is 362 g/mol. The number of hydrogen-bond donors (Lipinski definition) is 3. The smallest absolute Gasteiger partial charge is 0.251 e. The van der Waals surface area contributed by atoms with Crippen LogP contribution in [0.25, 0.3) is 22.4 Å². The Morgan fingerprint density at radius 2 is 2.22 bits per heavy atom. The minimum atomic E-state index is -0.612. The fraction of sp³-hybridized carbons (Fsp3) is 0.263. The molecule has 1 aliphatic heterocycles. The van der Waals surface area contributed by atoms with E-state index >= 15 is 0 Å². The minimum absolute atomic E-state index is 0.268. The van der Waals surface area contributed by atoms with Crippen LogP contribution in [0.5, 0.6) is 0 Å². The Bertz CT molecular complexity index is 985. The highest BCUT2D eigenvalue weighted by Gasteiger charge is 2.25. The number of fused-ring (bicyclic) bond motifs is 1. The first-order valence-electron chi connectivity index (χ1n) is 8.65. The molecule has 0 bridgehead atoms. The largest absolute Gasteiger partial charge is 0.352 e. The van der Waals surface area contributed by atoms with Crippen LogP contribution in [0, 0.1) is 11.3 Å². The zero-order chi connectivity index (χ0) is 18.6. The van der Waals surface area contributed by atoms with Crippen molar-refractivity contribution in [3.63, 3.8) is 0 Å². The van der Waals surface area contributed by atoms with Gasteiger partial charge in [0.2, 0.25) is 0 Å². The SMILES string of the molecule is N#C[C@H](Cc1ccc(-c2ncc3cc[nH]c3n2)cc1)NC(=O)[C@@H]1CNCO1. The molecule has 0 saturated carbocycles. The van der Waals surface area contributed by atoms with Crippen molar-refractivity contribution in [2.24, 2.45) is 0 Å². The molecule has 2 atom stereocenters. The van der Waals surface area contributed by atoms with Crippen molar-refractivity contribution in [3.05, 3.63) is 48.3 Å².